The normalized spacial score (nSPS) is 10.8. The van der Waals surface area contributed by atoms with Gasteiger partial charge in [-0.05, 0) is 25.1 Å². The summed E-state index contributed by atoms with van der Waals surface area (Å²) < 4.78 is 2.02. The largest absolute Gasteiger partial charge is 0.378 e. The summed E-state index contributed by atoms with van der Waals surface area (Å²) in [5, 5.41) is 3.33. The van der Waals surface area contributed by atoms with Crippen molar-refractivity contribution < 1.29 is 0 Å². The SMILES string of the molecule is Cc1cnc2c(Nc3cccc(N(C)C)c3)nccn12. The first-order chi connectivity index (χ1) is 9.65. The third kappa shape index (κ3) is 2.18. The lowest BCUT2D eigenvalue weighted by atomic mass is 10.2. The molecule has 0 unspecified atom stereocenters. The second kappa shape index (κ2) is 4.85. The third-order valence-corrected chi connectivity index (χ3v) is 3.24. The lowest BCUT2D eigenvalue weighted by molar-refractivity contribution is 1.08. The van der Waals surface area contributed by atoms with Gasteiger partial charge >= 0.3 is 0 Å². The van der Waals surface area contributed by atoms with Gasteiger partial charge in [0.2, 0.25) is 0 Å². The van der Waals surface area contributed by atoms with E-state index in [1.807, 2.05) is 49.9 Å². The Labute approximate surface area is 117 Å². The summed E-state index contributed by atoms with van der Waals surface area (Å²) in [6.07, 6.45) is 5.54. The maximum Gasteiger partial charge on any atom is 0.180 e. The number of rotatable bonds is 3. The second-order valence-electron chi connectivity index (χ2n) is 4.94. The number of aryl methyl sites for hydroxylation is 1. The first-order valence-electron chi connectivity index (χ1n) is 6.48. The highest BCUT2D eigenvalue weighted by molar-refractivity contribution is 5.71. The van der Waals surface area contributed by atoms with Crippen LogP contribution in [0.1, 0.15) is 5.69 Å². The summed E-state index contributed by atoms with van der Waals surface area (Å²) in [5.41, 5.74) is 4.06. The van der Waals surface area contributed by atoms with Gasteiger partial charge < -0.3 is 10.2 Å². The Balaban J connectivity index is 1.99. The maximum atomic E-state index is 4.40. The molecule has 1 N–H and O–H groups in total. The van der Waals surface area contributed by atoms with Crippen molar-refractivity contribution >= 4 is 22.8 Å². The molecule has 0 radical (unpaired) electrons. The molecule has 2 heterocycles. The van der Waals surface area contributed by atoms with Crippen molar-refractivity contribution in [1.29, 1.82) is 0 Å². The lowest BCUT2D eigenvalue weighted by Crippen LogP contribution is -2.08. The van der Waals surface area contributed by atoms with E-state index >= 15 is 0 Å². The van der Waals surface area contributed by atoms with Crippen LogP contribution in [-0.2, 0) is 0 Å². The number of imidazole rings is 1. The number of aromatic nitrogens is 3. The van der Waals surface area contributed by atoms with Crippen LogP contribution >= 0.6 is 0 Å². The fourth-order valence-electron chi connectivity index (χ4n) is 2.13. The molecule has 0 aliphatic rings. The number of fused-ring (bicyclic) bond motifs is 1. The van der Waals surface area contributed by atoms with Crippen LogP contribution in [0.3, 0.4) is 0 Å². The van der Waals surface area contributed by atoms with Crippen molar-refractivity contribution in [2.45, 2.75) is 6.92 Å². The molecule has 0 saturated carbocycles. The van der Waals surface area contributed by atoms with Crippen molar-refractivity contribution in [3.05, 3.63) is 48.5 Å². The molecule has 0 bridgehead atoms. The van der Waals surface area contributed by atoms with Gasteiger partial charge in [-0.25, -0.2) is 9.97 Å². The predicted octanol–water partition coefficient (Wildman–Crippen LogP) is 2.85. The predicted molar refractivity (Wildman–Crippen MR) is 81.8 cm³/mol. The van der Waals surface area contributed by atoms with Crippen molar-refractivity contribution in [2.24, 2.45) is 0 Å². The second-order valence-corrected chi connectivity index (χ2v) is 4.94. The molecule has 0 amide bonds. The van der Waals surface area contributed by atoms with Crippen LogP contribution in [0.5, 0.6) is 0 Å². The van der Waals surface area contributed by atoms with Crippen LogP contribution in [0, 0.1) is 6.92 Å². The maximum absolute atomic E-state index is 4.40. The zero-order chi connectivity index (χ0) is 14.1. The molecular formula is C15H17N5. The molecule has 2 aromatic heterocycles. The summed E-state index contributed by atoms with van der Waals surface area (Å²) in [5.74, 6) is 0.761. The Morgan fingerprint density at radius 1 is 1.20 bits per heavy atom. The van der Waals surface area contributed by atoms with Gasteiger partial charge in [0, 0.05) is 49.8 Å². The van der Waals surface area contributed by atoms with Crippen LogP contribution in [0.4, 0.5) is 17.2 Å². The third-order valence-electron chi connectivity index (χ3n) is 3.24. The van der Waals surface area contributed by atoms with E-state index in [1.165, 1.54) is 0 Å². The number of anilines is 3. The van der Waals surface area contributed by atoms with Crippen LogP contribution in [0.2, 0.25) is 0 Å². The molecule has 0 spiro atoms. The quantitative estimate of drug-likeness (QED) is 0.792. The summed E-state index contributed by atoms with van der Waals surface area (Å²) in [7, 11) is 4.05. The van der Waals surface area contributed by atoms with Gasteiger partial charge in [-0.15, -0.1) is 0 Å². The van der Waals surface area contributed by atoms with E-state index in [1.54, 1.807) is 6.20 Å². The highest BCUT2D eigenvalue weighted by Crippen LogP contribution is 2.22. The van der Waals surface area contributed by atoms with Crippen LogP contribution in [0.15, 0.2) is 42.9 Å². The topological polar surface area (TPSA) is 45.5 Å². The highest BCUT2D eigenvalue weighted by atomic mass is 15.1. The molecule has 0 aliphatic heterocycles. The molecule has 0 aliphatic carbocycles. The molecule has 3 rings (SSSR count). The molecule has 1 aromatic carbocycles. The van der Waals surface area contributed by atoms with Gasteiger partial charge in [-0.3, -0.25) is 4.40 Å². The van der Waals surface area contributed by atoms with E-state index in [4.69, 9.17) is 0 Å². The number of hydrogen-bond acceptors (Lipinski definition) is 4. The number of nitrogens with zero attached hydrogens (tertiary/aromatic N) is 4. The Kier molecular flexibility index (Phi) is 3.02. The molecule has 0 atom stereocenters. The molecule has 20 heavy (non-hydrogen) atoms. The van der Waals surface area contributed by atoms with Gasteiger partial charge in [0.1, 0.15) is 0 Å². The molecule has 3 aromatic rings. The van der Waals surface area contributed by atoms with Gasteiger partial charge in [-0.1, -0.05) is 6.07 Å². The summed E-state index contributed by atoms with van der Waals surface area (Å²) >= 11 is 0. The van der Waals surface area contributed by atoms with E-state index in [9.17, 15) is 0 Å². The Morgan fingerprint density at radius 3 is 2.85 bits per heavy atom. The molecular weight excluding hydrogens is 250 g/mol. The smallest absolute Gasteiger partial charge is 0.180 e. The summed E-state index contributed by atoms with van der Waals surface area (Å²) in [6.45, 7) is 2.02. The standard InChI is InChI=1S/C15H17N5/c1-11-10-17-15-14(16-7-8-20(11)15)18-12-5-4-6-13(9-12)19(2)3/h4-10H,1-3H3,(H,16,18). The van der Waals surface area contributed by atoms with Crippen molar-refractivity contribution in [3.8, 4) is 0 Å². The Morgan fingerprint density at radius 2 is 2.05 bits per heavy atom. The van der Waals surface area contributed by atoms with Crippen molar-refractivity contribution in [2.75, 3.05) is 24.3 Å². The fraction of sp³-hybridized carbons (Fsp3) is 0.200. The van der Waals surface area contributed by atoms with E-state index in [0.29, 0.717) is 0 Å². The Bertz CT molecular complexity index is 745. The van der Waals surface area contributed by atoms with Gasteiger partial charge in [-0.2, -0.15) is 0 Å². The Hall–Kier alpha value is -2.56. The molecule has 102 valence electrons. The van der Waals surface area contributed by atoms with Gasteiger partial charge in [0.05, 0.1) is 0 Å². The molecule has 5 heteroatoms. The van der Waals surface area contributed by atoms with Crippen LogP contribution in [0.25, 0.3) is 5.65 Å². The molecule has 0 saturated heterocycles. The zero-order valence-corrected chi connectivity index (χ0v) is 11.8. The first kappa shape index (κ1) is 12.5. The van der Waals surface area contributed by atoms with E-state index in [2.05, 4.69) is 32.3 Å². The van der Waals surface area contributed by atoms with Gasteiger partial charge in [0.25, 0.3) is 0 Å². The van der Waals surface area contributed by atoms with Gasteiger partial charge in [0.15, 0.2) is 11.5 Å². The summed E-state index contributed by atoms with van der Waals surface area (Å²) in [4.78, 5) is 10.8. The minimum Gasteiger partial charge on any atom is -0.378 e. The fourth-order valence-corrected chi connectivity index (χ4v) is 2.13. The van der Waals surface area contributed by atoms with E-state index < -0.39 is 0 Å². The first-order valence-corrected chi connectivity index (χ1v) is 6.48. The zero-order valence-electron chi connectivity index (χ0n) is 11.8. The van der Waals surface area contributed by atoms with Crippen molar-refractivity contribution in [1.82, 2.24) is 14.4 Å². The van der Waals surface area contributed by atoms with E-state index in [0.717, 1.165) is 28.5 Å². The number of benzene rings is 1. The molecule has 0 fully saturated rings. The monoisotopic (exact) mass is 267 g/mol. The average molecular weight is 267 g/mol. The number of nitrogens with one attached hydrogen (secondary N) is 1. The van der Waals surface area contributed by atoms with Crippen LogP contribution < -0.4 is 10.2 Å². The minimum atomic E-state index is 0.761. The van der Waals surface area contributed by atoms with Crippen LogP contribution in [-0.4, -0.2) is 28.5 Å². The summed E-state index contributed by atoms with van der Waals surface area (Å²) in [6, 6.07) is 8.20. The average Bonchev–Trinajstić information content (AvgIpc) is 2.82. The number of hydrogen-bond donors (Lipinski definition) is 1. The van der Waals surface area contributed by atoms with Crippen molar-refractivity contribution in [3.63, 3.8) is 0 Å². The highest BCUT2D eigenvalue weighted by Gasteiger charge is 2.07. The molecule has 5 nitrogen and oxygen atoms in total. The lowest BCUT2D eigenvalue weighted by Gasteiger charge is -2.14. The van der Waals surface area contributed by atoms with E-state index in [-0.39, 0.29) is 0 Å². The minimum absolute atomic E-state index is 0.761.